The van der Waals surface area contributed by atoms with Crippen molar-refractivity contribution in [3.8, 4) is 0 Å². The zero-order valence-corrected chi connectivity index (χ0v) is 11.6. The molecule has 0 radical (unpaired) electrons. The Morgan fingerprint density at radius 1 is 1.10 bits per heavy atom. The fourth-order valence-electron chi connectivity index (χ4n) is 1.98. The fourth-order valence-corrected chi connectivity index (χ4v) is 2.44. The second-order valence-corrected chi connectivity index (χ2v) is 4.99. The normalized spacial score (nSPS) is 12.7. The van der Waals surface area contributed by atoms with E-state index in [-0.39, 0.29) is 0 Å². The molecule has 2 aromatic heterocycles. The van der Waals surface area contributed by atoms with Crippen LogP contribution in [-0.2, 0) is 0 Å². The number of benzene rings is 1. The highest BCUT2D eigenvalue weighted by atomic mass is 79.9. The molecule has 2 heterocycles. The molecule has 102 valence electrons. The third-order valence-corrected chi connectivity index (χ3v) is 3.65. The molecule has 1 unspecified atom stereocenters. The molecule has 20 heavy (non-hydrogen) atoms. The maximum atomic E-state index is 11.3. The van der Waals surface area contributed by atoms with E-state index in [9.17, 15) is 14.7 Å². The first-order valence-electron chi connectivity index (χ1n) is 5.73. The van der Waals surface area contributed by atoms with Crippen LogP contribution in [0.1, 0.15) is 17.2 Å². The third-order valence-electron chi connectivity index (χ3n) is 3.00. The van der Waals surface area contributed by atoms with E-state index >= 15 is 0 Å². The maximum Gasteiger partial charge on any atom is 0.314 e. The van der Waals surface area contributed by atoms with Crippen LogP contribution in [0.2, 0.25) is 0 Å². The number of nitrogens with one attached hydrogen (secondary N) is 2. The van der Waals surface area contributed by atoms with E-state index in [0.717, 1.165) is 0 Å². The van der Waals surface area contributed by atoms with E-state index in [1.165, 1.54) is 6.26 Å². The molecule has 0 aliphatic carbocycles. The summed E-state index contributed by atoms with van der Waals surface area (Å²) >= 11 is 3.20. The molecule has 0 aliphatic heterocycles. The summed E-state index contributed by atoms with van der Waals surface area (Å²) in [4.78, 5) is 27.5. The van der Waals surface area contributed by atoms with Gasteiger partial charge in [0.1, 0.15) is 6.10 Å². The highest BCUT2D eigenvalue weighted by molar-refractivity contribution is 9.10. The van der Waals surface area contributed by atoms with Gasteiger partial charge in [-0.25, -0.2) is 0 Å². The Bertz CT molecular complexity index is 893. The minimum absolute atomic E-state index is 0.444. The number of aromatic amines is 2. The van der Waals surface area contributed by atoms with Gasteiger partial charge in [-0.3, -0.25) is 9.59 Å². The molecule has 3 aromatic rings. The smallest absolute Gasteiger partial charge is 0.314 e. The lowest BCUT2D eigenvalue weighted by Crippen LogP contribution is -2.28. The minimum atomic E-state index is -0.900. The summed E-state index contributed by atoms with van der Waals surface area (Å²) in [6.07, 6.45) is 0.561. The van der Waals surface area contributed by atoms with Crippen LogP contribution in [0.25, 0.3) is 11.0 Å². The van der Waals surface area contributed by atoms with Crippen molar-refractivity contribution in [2.75, 3.05) is 0 Å². The fraction of sp³-hybridized carbons (Fsp3) is 0.0769. The van der Waals surface area contributed by atoms with Crippen LogP contribution in [0.4, 0.5) is 0 Å². The van der Waals surface area contributed by atoms with Gasteiger partial charge in [-0.1, -0.05) is 6.07 Å². The first-order valence-corrected chi connectivity index (χ1v) is 6.53. The molecule has 0 saturated heterocycles. The number of hydrogen-bond acceptors (Lipinski definition) is 4. The highest BCUT2D eigenvalue weighted by Gasteiger charge is 2.16. The number of aromatic nitrogens is 2. The second-order valence-electron chi connectivity index (χ2n) is 4.27. The predicted molar refractivity (Wildman–Crippen MR) is 75.7 cm³/mol. The van der Waals surface area contributed by atoms with Gasteiger partial charge in [-0.15, -0.1) is 0 Å². The van der Waals surface area contributed by atoms with Crippen molar-refractivity contribution in [2.45, 2.75) is 6.10 Å². The number of H-pyrrole nitrogens is 2. The number of hydrogen-bond donors (Lipinski definition) is 3. The quantitative estimate of drug-likeness (QED) is 0.619. The Hall–Kier alpha value is -2.12. The van der Waals surface area contributed by atoms with Crippen molar-refractivity contribution in [3.05, 3.63) is 67.0 Å². The molecule has 0 spiro atoms. The average molecular weight is 337 g/mol. The molecule has 1 atom stereocenters. The Labute approximate surface area is 120 Å². The molecule has 0 amide bonds. The van der Waals surface area contributed by atoms with E-state index in [4.69, 9.17) is 4.42 Å². The van der Waals surface area contributed by atoms with Crippen molar-refractivity contribution in [1.29, 1.82) is 0 Å². The summed E-state index contributed by atoms with van der Waals surface area (Å²) < 4.78 is 5.53. The monoisotopic (exact) mass is 336 g/mol. The molecule has 0 saturated carbocycles. The second kappa shape index (κ2) is 4.77. The molecular weight excluding hydrogens is 328 g/mol. The minimum Gasteiger partial charge on any atom is -0.457 e. The van der Waals surface area contributed by atoms with Crippen molar-refractivity contribution in [1.82, 2.24) is 9.97 Å². The molecule has 1 aromatic carbocycles. The molecular formula is C13H9BrN2O4. The third kappa shape index (κ3) is 2.10. The number of furan rings is 1. The van der Waals surface area contributed by atoms with E-state index in [1.807, 2.05) is 0 Å². The van der Waals surface area contributed by atoms with Gasteiger partial charge in [0.25, 0.3) is 0 Å². The summed E-state index contributed by atoms with van der Waals surface area (Å²) in [5.74, 6) is 0. The van der Waals surface area contributed by atoms with E-state index in [1.54, 1.807) is 24.3 Å². The van der Waals surface area contributed by atoms with Crippen molar-refractivity contribution < 1.29 is 9.52 Å². The van der Waals surface area contributed by atoms with Crippen LogP contribution in [0.3, 0.4) is 0 Å². The van der Waals surface area contributed by atoms with E-state index in [0.29, 0.717) is 26.8 Å². The number of aliphatic hydroxyl groups excluding tert-OH is 1. The van der Waals surface area contributed by atoms with Gasteiger partial charge < -0.3 is 19.5 Å². The van der Waals surface area contributed by atoms with Gasteiger partial charge in [0, 0.05) is 5.56 Å². The van der Waals surface area contributed by atoms with Crippen LogP contribution in [-0.4, -0.2) is 15.1 Å². The Balaban J connectivity index is 2.14. The highest BCUT2D eigenvalue weighted by Crippen LogP contribution is 2.30. The van der Waals surface area contributed by atoms with Crippen LogP contribution >= 0.6 is 15.9 Å². The number of rotatable bonds is 2. The van der Waals surface area contributed by atoms with Crippen molar-refractivity contribution in [2.24, 2.45) is 0 Å². The molecule has 3 rings (SSSR count). The van der Waals surface area contributed by atoms with Crippen molar-refractivity contribution >= 4 is 27.0 Å². The first kappa shape index (κ1) is 12.9. The topological polar surface area (TPSA) is 99.1 Å². The van der Waals surface area contributed by atoms with Crippen LogP contribution in [0, 0.1) is 0 Å². The molecule has 0 bridgehead atoms. The van der Waals surface area contributed by atoms with Crippen LogP contribution < -0.4 is 11.1 Å². The maximum absolute atomic E-state index is 11.3. The SMILES string of the molecule is O=c1[nH]c2ccc(C(O)c3ccoc3Br)cc2[nH]c1=O. The van der Waals surface area contributed by atoms with E-state index < -0.39 is 17.2 Å². The summed E-state index contributed by atoms with van der Waals surface area (Å²) in [7, 11) is 0. The average Bonchev–Trinajstić information content (AvgIpc) is 2.85. The summed E-state index contributed by atoms with van der Waals surface area (Å²) in [6.45, 7) is 0. The standard InChI is InChI=1S/C13H9BrN2O4/c14-11-7(3-4-20-11)10(17)6-1-2-8-9(5-6)16-13(19)12(18)15-8/h1-5,10,17H,(H,15,18)(H,16,19). The molecule has 6 nitrogen and oxygen atoms in total. The van der Waals surface area contributed by atoms with Crippen LogP contribution in [0.15, 0.2) is 49.2 Å². The summed E-state index contributed by atoms with van der Waals surface area (Å²) in [5, 5.41) is 10.3. The van der Waals surface area contributed by atoms with Gasteiger partial charge in [-0.05, 0) is 39.7 Å². The lowest BCUT2D eigenvalue weighted by atomic mass is 10.0. The molecule has 0 fully saturated rings. The molecule has 0 aliphatic rings. The predicted octanol–water partition coefficient (Wildman–Crippen LogP) is 1.65. The Morgan fingerprint density at radius 2 is 1.80 bits per heavy atom. The zero-order chi connectivity index (χ0) is 14.3. The largest absolute Gasteiger partial charge is 0.457 e. The first-order chi connectivity index (χ1) is 9.56. The number of aliphatic hydroxyl groups is 1. The lowest BCUT2D eigenvalue weighted by molar-refractivity contribution is 0.218. The van der Waals surface area contributed by atoms with Crippen LogP contribution in [0.5, 0.6) is 0 Å². The summed E-state index contributed by atoms with van der Waals surface area (Å²) in [5.41, 5.74) is 0.665. The van der Waals surface area contributed by atoms with Gasteiger partial charge in [0.05, 0.1) is 17.3 Å². The Morgan fingerprint density at radius 3 is 2.45 bits per heavy atom. The number of fused-ring (bicyclic) bond motifs is 1. The number of halogens is 1. The molecule has 3 N–H and O–H groups in total. The summed E-state index contributed by atoms with van der Waals surface area (Å²) in [6, 6.07) is 6.55. The van der Waals surface area contributed by atoms with Gasteiger partial charge in [-0.2, -0.15) is 0 Å². The van der Waals surface area contributed by atoms with Gasteiger partial charge in [0.2, 0.25) is 0 Å². The molecule has 7 heteroatoms. The Kier molecular flexibility index (Phi) is 3.07. The van der Waals surface area contributed by atoms with Gasteiger partial charge in [0.15, 0.2) is 4.67 Å². The van der Waals surface area contributed by atoms with Gasteiger partial charge >= 0.3 is 11.1 Å². The zero-order valence-electron chi connectivity index (χ0n) is 10.0. The van der Waals surface area contributed by atoms with Crippen molar-refractivity contribution in [3.63, 3.8) is 0 Å². The van der Waals surface area contributed by atoms with E-state index in [2.05, 4.69) is 25.9 Å². The lowest BCUT2D eigenvalue weighted by Gasteiger charge is -2.10.